The minimum Gasteiger partial charge on any atom is -0.390 e. The first-order valence-corrected chi connectivity index (χ1v) is 7.50. The highest BCUT2D eigenvalue weighted by Gasteiger charge is 2.29. The molecule has 2 saturated carbocycles. The van der Waals surface area contributed by atoms with Gasteiger partial charge in [0.15, 0.2) is 0 Å². The fourth-order valence-corrected chi connectivity index (χ4v) is 3.69. The Morgan fingerprint density at radius 2 is 1.65 bits per heavy atom. The maximum Gasteiger partial charge on any atom is 0.0830 e. The first-order valence-electron chi connectivity index (χ1n) is 7.50. The predicted octanol–water partition coefficient (Wildman–Crippen LogP) is 3.52. The summed E-state index contributed by atoms with van der Waals surface area (Å²) in [5.74, 6) is 1.74. The SMILES string of the molecule is COC1CCC(CCC2CCCCC2)CC1O. The van der Waals surface area contributed by atoms with E-state index in [0.717, 1.165) is 24.7 Å². The molecule has 0 spiro atoms. The molecule has 1 N–H and O–H groups in total. The zero-order valence-electron chi connectivity index (χ0n) is 11.2. The molecule has 2 fully saturated rings. The number of rotatable bonds is 4. The Bertz CT molecular complexity index is 211. The molecule has 0 aromatic heterocycles. The summed E-state index contributed by atoms with van der Waals surface area (Å²) in [6.07, 6.45) is 13.1. The van der Waals surface area contributed by atoms with Gasteiger partial charge < -0.3 is 9.84 Å². The maximum atomic E-state index is 9.95. The van der Waals surface area contributed by atoms with E-state index in [4.69, 9.17) is 4.74 Å². The number of methoxy groups -OCH3 is 1. The van der Waals surface area contributed by atoms with E-state index < -0.39 is 0 Å². The average molecular weight is 240 g/mol. The minimum atomic E-state index is -0.217. The average Bonchev–Trinajstić information content (AvgIpc) is 2.38. The van der Waals surface area contributed by atoms with Gasteiger partial charge in [-0.15, -0.1) is 0 Å². The molecule has 17 heavy (non-hydrogen) atoms. The van der Waals surface area contributed by atoms with Crippen molar-refractivity contribution < 1.29 is 9.84 Å². The topological polar surface area (TPSA) is 29.5 Å². The van der Waals surface area contributed by atoms with Crippen LogP contribution in [0.1, 0.15) is 64.2 Å². The van der Waals surface area contributed by atoms with E-state index in [9.17, 15) is 5.11 Å². The van der Waals surface area contributed by atoms with Crippen LogP contribution in [0.4, 0.5) is 0 Å². The summed E-state index contributed by atoms with van der Waals surface area (Å²) >= 11 is 0. The molecule has 2 nitrogen and oxygen atoms in total. The Hall–Kier alpha value is -0.0800. The molecule has 2 aliphatic carbocycles. The van der Waals surface area contributed by atoms with E-state index in [1.54, 1.807) is 7.11 Å². The lowest BCUT2D eigenvalue weighted by atomic mass is 9.79. The quantitative estimate of drug-likeness (QED) is 0.814. The van der Waals surface area contributed by atoms with Crippen molar-refractivity contribution >= 4 is 0 Å². The van der Waals surface area contributed by atoms with Crippen molar-refractivity contribution in [2.24, 2.45) is 11.8 Å². The van der Waals surface area contributed by atoms with Crippen LogP contribution in [0.15, 0.2) is 0 Å². The fourth-order valence-electron chi connectivity index (χ4n) is 3.69. The molecule has 100 valence electrons. The van der Waals surface area contributed by atoms with Crippen LogP contribution in [0.3, 0.4) is 0 Å². The molecule has 0 amide bonds. The van der Waals surface area contributed by atoms with Crippen LogP contribution >= 0.6 is 0 Å². The molecule has 0 aromatic carbocycles. The number of hydrogen-bond acceptors (Lipinski definition) is 2. The Morgan fingerprint density at radius 1 is 0.941 bits per heavy atom. The molecule has 2 rings (SSSR count). The van der Waals surface area contributed by atoms with E-state index in [1.165, 1.54) is 51.4 Å². The maximum absolute atomic E-state index is 9.95. The van der Waals surface area contributed by atoms with Gasteiger partial charge in [-0.3, -0.25) is 0 Å². The highest BCUT2D eigenvalue weighted by atomic mass is 16.5. The largest absolute Gasteiger partial charge is 0.390 e. The Balaban J connectivity index is 1.66. The molecular weight excluding hydrogens is 212 g/mol. The third-order valence-electron chi connectivity index (χ3n) is 4.87. The highest BCUT2D eigenvalue weighted by Crippen LogP contribution is 2.34. The zero-order valence-corrected chi connectivity index (χ0v) is 11.2. The molecule has 0 radical (unpaired) electrons. The minimum absolute atomic E-state index is 0.0981. The van der Waals surface area contributed by atoms with Crippen LogP contribution < -0.4 is 0 Å². The van der Waals surface area contributed by atoms with Crippen molar-refractivity contribution in [3.8, 4) is 0 Å². The predicted molar refractivity (Wildman–Crippen MR) is 70.0 cm³/mol. The van der Waals surface area contributed by atoms with Gasteiger partial charge in [0.1, 0.15) is 0 Å². The highest BCUT2D eigenvalue weighted by molar-refractivity contribution is 4.81. The molecule has 3 atom stereocenters. The Kier molecular flexibility index (Phi) is 5.30. The Morgan fingerprint density at radius 3 is 2.29 bits per heavy atom. The monoisotopic (exact) mass is 240 g/mol. The van der Waals surface area contributed by atoms with E-state index >= 15 is 0 Å². The fraction of sp³-hybridized carbons (Fsp3) is 1.00. The number of aliphatic hydroxyl groups is 1. The molecule has 2 aliphatic rings. The number of hydrogen-bond donors (Lipinski definition) is 1. The van der Waals surface area contributed by atoms with Crippen LogP contribution in [0.25, 0.3) is 0 Å². The van der Waals surface area contributed by atoms with Crippen molar-refractivity contribution in [3.63, 3.8) is 0 Å². The van der Waals surface area contributed by atoms with Gasteiger partial charge in [-0.1, -0.05) is 44.9 Å². The summed E-state index contributed by atoms with van der Waals surface area (Å²) in [7, 11) is 1.72. The second kappa shape index (κ2) is 6.75. The van der Waals surface area contributed by atoms with Crippen LogP contribution in [0.2, 0.25) is 0 Å². The second-order valence-corrected chi connectivity index (χ2v) is 6.10. The first kappa shape index (κ1) is 13.4. The van der Waals surface area contributed by atoms with Gasteiger partial charge in [0, 0.05) is 7.11 Å². The normalized spacial score (nSPS) is 36.0. The van der Waals surface area contributed by atoms with Crippen LogP contribution in [-0.2, 0) is 4.74 Å². The lowest BCUT2D eigenvalue weighted by Gasteiger charge is -2.33. The van der Waals surface area contributed by atoms with Gasteiger partial charge in [-0.2, -0.15) is 0 Å². The third kappa shape index (κ3) is 3.96. The van der Waals surface area contributed by atoms with Crippen molar-refractivity contribution in [2.75, 3.05) is 7.11 Å². The van der Waals surface area contributed by atoms with Crippen molar-refractivity contribution in [1.82, 2.24) is 0 Å². The van der Waals surface area contributed by atoms with E-state index in [0.29, 0.717) is 0 Å². The van der Waals surface area contributed by atoms with E-state index in [-0.39, 0.29) is 12.2 Å². The molecule has 0 aliphatic heterocycles. The summed E-state index contributed by atoms with van der Waals surface area (Å²) in [5, 5.41) is 9.95. The van der Waals surface area contributed by atoms with Gasteiger partial charge in [0.25, 0.3) is 0 Å². The van der Waals surface area contributed by atoms with Crippen molar-refractivity contribution in [3.05, 3.63) is 0 Å². The number of ether oxygens (including phenoxy) is 1. The molecule has 3 unspecified atom stereocenters. The molecule has 2 heteroatoms. The summed E-state index contributed by atoms with van der Waals surface area (Å²) in [6.45, 7) is 0. The van der Waals surface area contributed by atoms with E-state index in [2.05, 4.69) is 0 Å². The van der Waals surface area contributed by atoms with Gasteiger partial charge in [0.05, 0.1) is 12.2 Å². The molecule has 0 saturated heterocycles. The van der Waals surface area contributed by atoms with Crippen LogP contribution in [-0.4, -0.2) is 24.4 Å². The molecule has 0 bridgehead atoms. The summed E-state index contributed by atoms with van der Waals surface area (Å²) in [5.41, 5.74) is 0. The van der Waals surface area contributed by atoms with Crippen LogP contribution in [0.5, 0.6) is 0 Å². The van der Waals surface area contributed by atoms with Gasteiger partial charge in [-0.25, -0.2) is 0 Å². The molecule has 0 aromatic rings. The summed E-state index contributed by atoms with van der Waals surface area (Å²) in [6, 6.07) is 0. The smallest absolute Gasteiger partial charge is 0.0830 e. The van der Waals surface area contributed by atoms with Crippen molar-refractivity contribution in [2.45, 2.75) is 76.4 Å². The van der Waals surface area contributed by atoms with E-state index in [1.807, 2.05) is 0 Å². The third-order valence-corrected chi connectivity index (χ3v) is 4.87. The standard InChI is InChI=1S/C15H28O2/c1-17-15-10-9-13(11-14(15)16)8-7-12-5-3-2-4-6-12/h12-16H,2-11H2,1H3. The van der Waals surface area contributed by atoms with Crippen molar-refractivity contribution in [1.29, 1.82) is 0 Å². The molecular formula is C15H28O2. The van der Waals surface area contributed by atoms with Gasteiger partial charge in [0.2, 0.25) is 0 Å². The van der Waals surface area contributed by atoms with Gasteiger partial charge >= 0.3 is 0 Å². The van der Waals surface area contributed by atoms with Gasteiger partial charge in [-0.05, 0) is 31.1 Å². The summed E-state index contributed by atoms with van der Waals surface area (Å²) < 4.78 is 5.30. The number of aliphatic hydroxyl groups excluding tert-OH is 1. The second-order valence-electron chi connectivity index (χ2n) is 6.10. The lowest BCUT2D eigenvalue weighted by molar-refractivity contribution is -0.0512. The summed E-state index contributed by atoms with van der Waals surface area (Å²) in [4.78, 5) is 0. The molecule has 0 heterocycles. The zero-order chi connectivity index (χ0) is 12.1. The lowest BCUT2D eigenvalue weighted by Crippen LogP contribution is -2.35. The Labute approximate surface area is 106 Å². The van der Waals surface area contributed by atoms with Crippen LogP contribution in [0, 0.1) is 11.8 Å². The first-order chi connectivity index (χ1) is 8.29.